The van der Waals surface area contributed by atoms with Gasteiger partial charge in [-0.2, -0.15) is 0 Å². The first kappa shape index (κ1) is 40.1. The summed E-state index contributed by atoms with van der Waals surface area (Å²) in [4.78, 5) is 37.3. The van der Waals surface area contributed by atoms with Gasteiger partial charge in [-0.25, -0.2) is 4.90 Å². The molecule has 0 saturated carbocycles. The van der Waals surface area contributed by atoms with E-state index in [4.69, 9.17) is 0 Å². The number of nitrogens with zero attached hydrogens (tertiary/aromatic N) is 1. The van der Waals surface area contributed by atoms with E-state index in [1.54, 1.807) is 16.5 Å². The molecule has 3 nitrogen and oxygen atoms in total. The van der Waals surface area contributed by atoms with Gasteiger partial charge in [0.1, 0.15) is 0 Å². The van der Waals surface area contributed by atoms with Gasteiger partial charge in [0.05, 0.1) is 21.7 Å². The molecular formula is C48H59NO2S3Si. The Morgan fingerprint density at radius 1 is 0.618 bits per heavy atom. The van der Waals surface area contributed by atoms with Gasteiger partial charge < -0.3 is 0 Å². The molecule has 5 heterocycles. The Morgan fingerprint density at radius 2 is 1.22 bits per heavy atom. The van der Waals surface area contributed by atoms with Crippen LogP contribution in [0.25, 0.3) is 19.5 Å². The van der Waals surface area contributed by atoms with Gasteiger partial charge in [-0.3, -0.25) is 9.59 Å². The third-order valence-corrected chi connectivity index (χ3v) is 21.4. The Morgan fingerprint density at radius 3 is 1.91 bits per heavy atom. The molecule has 2 unspecified atom stereocenters. The van der Waals surface area contributed by atoms with Crippen LogP contribution in [0.1, 0.15) is 146 Å². The van der Waals surface area contributed by atoms with E-state index in [-0.39, 0.29) is 11.8 Å². The Hall–Kier alpha value is -3.10. The highest BCUT2D eigenvalue weighted by molar-refractivity contribution is 7.33. The van der Waals surface area contributed by atoms with Crippen LogP contribution in [0.3, 0.4) is 0 Å². The highest BCUT2D eigenvalue weighted by Gasteiger charge is 2.51. The van der Waals surface area contributed by atoms with Crippen LogP contribution in [0.15, 0.2) is 60.7 Å². The summed E-state index contributed by atoms with van der Waals surface area (Å²) in [6, 6.07) is 24.2. The van der Waals surface area contributed by atoms with Crippen LogP contribution in [0.4, 0.5) is 5.69 Å². The number of amides is 2. The average Bonchev–Trinajstić information content (AvgIpc) is 3.99. The zero-order valence-electron chi connectivity index (χ0n) is 33.9. The number of fused-ring (bicyclic) bond motifs is 4. The highest BCUT2D eigenvalue weighted by atomic mass is 32.1. The van der Waals surface area contributed by atoms with Crippen molar-refractivity contribution in [1.82, 2.24) is 0 Å². The Kier molecular flexibility index (Phi) is 12.8. The Bertz CT molecular complexity index is 2120. The number of unbranched alkanes of at least 4 members (excludes halogenated alkanes) is 7. The van der Waals surface area contributed by atoms with Crippen LogP contribution < -0.4 is 20.5 Å². The molecule has 7 rings (SSSR count). The average molecular weight is 806 g/mol. The monoisotopic (exact) mass is 805 g/mol. The maximum absolute atomic E-state index is 14.4. The Labute approximate surface area is 343 Å². The lowest BCUT2D eigenvalue weighted by Gasteiger charge is -2.33. The zero-order valence-corrected chi connectivity index (χ0v) is 37.4. The molecule has 7 heteroatoms. The molecule has 0 N–H and O–H groups in total. The summed E-state index contributed by atoms with van der Waals surface area (Å²) < 4.78 is 0. The lowest BCUT2D eigenvalue weighted by Crippen LogP contribution is -2.65. The highest BCUT2D eigenvalue weighted by Crippen LogP contribution is 2.49. The molecule has 2 atom stereocenters. The fourth-order valence-electron chi connectivity index (χ4n) is 9.15. The Balaban J connectivity index is 1.25. The SMILES string of the molecule is CCCCCCCCc1ccc(N2C(=O)c3c(C)sc(-c4cc5c(s4)-c4sc(C)cc4[Si]5(CC(CC)CCCC)c4ccc(CCCC)cc4)c3C2=O)cc1. The topological polar surface area (TPSA) is 37.4 Å². The minimum Gasteiger partial charge on any atom is -0.268 e. The summed E-state index contributed by atoms with van der Waals surface area (Å²) >= 11 is 5.45. The predicted octanol–water partition coefficient (Wildman–Crippen LogP) is 12.9. The number of hydrogen-bond acceptors (Lipinski definition) is 5. The van der Waals surface area contributed by atoms with Gasteiger partial charge in [0.2, 0.25) is 0 Å². The molecule has 0 spiro atoms. The minimum atomic E-state index is -2.41. The standard InChI is InChI=1S/C48H59NO2S3Si/c1-7-11-14-15-16-17-20-36-21-25-37(26-22-36)49-47(50)42-33(6)53-44(43(42)48(49)51)39-30-41-46(54-39)45-40(29-32(5)52-45)55(41,31-34(10-4)18-12-8-2)38-27-23-35(24-28-38)19-13-9-3/h21-30,34H,7-20,31H2,1-6H3. The van der Waals surface area contributed by atoms with E-state index in [0.717, 1.165) is 27.5 Å². The number of carbonyl (C=O) groups is 2. The van der Waals surface area contributed by atoms with Gasteiger partial charge in [0.25, 0.3) is 11.8 Å². The van der Waals surface area contributed by atoms with E-state index < -0.39 is 8.07 Å². The first-order chi connectivity index (χ1) is 26.7. The molecule has 5 aromatic rings. The van der Waals surface area contributed by atoms with E-state index >= 15 is 0 Å². The molecule has 2 amide bonds. The molecule has 2 aliphatic heterocycles. The van der Waals surface area contributed by atoms with Crippen LogP contribution in [0, 0.1) is 19.8 Å². The van der Waals surface area contributed by atoms with Crippen LogP contribution in [-0.2, 0) is 12.8 Å². The third kappa shape index (κ3) is 7.68. The van der Waals surface area contributed by atoms with Crippen LogP contribution in [0.5, 0.6) is 0 Å². The summed E-state index contributed by atoms with van der Waals surface area (Å²) in [6.45, 7) is 13.5. The van der Waals surface area contributed by atoms with E-state index in [2.05, 4.69) is 83.1 Å². The van der Waals surface area contributed by atoms with Gasteiger partial charge in [0, 0.05) is 24.4 Å². The second-order valence-corrected chi connectivity index (χ2v) is 23.6. The van der Waals surface area contributed by atoms with Gasteiger partial charge in [-0.1, -0.05) is 128 Å². The second kappa shape index (κ2) is 17.6. The predicted molar refractivity (Wildman–Crippen MR) is 243 cm³/mol. The summed E-state index contributed by atoms with van der Waals surface area (Å²) in [6.07, 6.45) is 17.2. The van der Waals surface area contributed by atoms with E-state index in [1.807, 2.05) is 41.7 Å². The lowest BCUT2D eigenvalue weighted by atomic mass is 10.0. The van der Waals surface area contributed by atoms with Crippen molar-refractivity contribution in [1.29, 1.82) is 0 Å². The van der Waals surface area contributed by atoms with Crippen molar-refractivity contribution in [2.75, 3.05) is 4.90 Å². The van der Waals surface area contributed by atoms with Crippen molar-refractivity contribution in [3.63, 3.8) is 0 Å². The summed E-state index contributed by atoms with van der Waals surface area (Å²) in [5, 5.41) is 4.65. The molecule has 0 fully saturated rings. The lowest BCUT2D eigenvalue weighted by molar-refractivity contribution is 0.0926. The van der Waals surface area contributed by atoms with Crippen molar-refractivity contribution in [3.05, 3.63) is 92.7 Å². The molecular weight excluding hydrogens is 747 g/mol. The maximum atomic E-state index is 14.4. The van der Waals surface area contributed by atoms with Gasteiger partial charge in [0.15, 0.2) is 8.07 Å². The molecule has 0 aliphatic carbocycles. The quantitative estimate of drug-likeness (QED) is 0.0473. The van der Waals surface area contributed by atoms with Gasteiger partial charge >= 0.3 is 0 Å². The van der Waals surface area contributed by atoms with Crippen LogP contribution in [-0.4, -0.2) is 19.9 Å². The number of thiophene rings is 3. The van der Waals surface area contributed by atoms with E-state index in [9.17, 15) is 9.59 Å². The van der Waals surface area contributed by atoms with Crippen molar-refractivity contribution < 1.29 is 9.59 Å². The number of imide groups is 1. The van der Waals surface area contributed by atoms with Gasteiger partial charge in [-0.05, 0) is 102 Å². The molecule has 0 radical (unpaired) electrons. The van der Waals surface area contributed by atoms with Crippen LogP contribution in [0.2, 0.25) is 6.04 Å². The van der Waals surface area contributed by atoms with Crippen molar-refractivity contribution in [3.8, 4) is 19.5 Å². The molecule has 0 saturated heterocycles. The number of rotatable bonds is 19. The normalized spacial score (nSPS) is 16.6. The maximum Gasteiger partial charge on any atom is 0.267 e. The summed E-state index contributed by atoms with van der Waals surface area (Å²) in [5.41, 5.74) is 4.58. The number of anilines is 1. The van der Waals surface area contributed by atoms with E-state index in [1.165, 1.54) is 124 Å². The molecule has 3 aromatic heterocycles. The largest absolute Gasteiger partial charge is 0.268 e. The number of benzene rings is 2. The summed E-state index contributed by atoms with van der Waals surface area (Å²) in [7, 11) is -2.41. The summed E-state index contributed by atoms with van der Waals surface area (Å²) in [5.74, 6) is 0.297. The van der Waals surface area contributed by atoms with Crippen molar-refractivity contribution in [2.45, 2.75) is 137 Å². The number of carbonyl (C=O) groups excluding carboxylic acids is 2. The van der Waals surface area contributed by atoms with Gasteiger partial charge in [-0.15, -0.1) is 34.0 Å². The second-order valence-electron chi connectivity index (χ2n) is 16.1. The zero-order chi connectivity index (χ0) is 38.7. The molecule has 2 aliphatic rings. The van der Waals surface area contributed by atoms with E-state index in [0.29, 0.717) is 22.7 Å². The van der Waals surface area contributed by atoms with Crippen molar-refractivity contribution in [2.24, 2.45) is 5.92 Å². The first-order valence-corrected chi connectivity index (χ1v) is 25.9. The molecule has 55 heavy (non-hydrogen) atoms. The smallest absolute Gasteiger partial charge is 0.267 e. The fraction of sp³-hybridized carbons (Fsp3) is 0.458. The molecule has 0 bridgehead atoms. The third-order valence-electron chi connectivity index (χ3n) is 12.3. The number of aryl methyl sites for hydroxylation is 4. The van der Waals surface area contributed by atoms with Crippen molar-refractivity contribution >= 4 is 75.1 Å². The minimum absolute atomic E-state index is 0.180. The first-order valence-electron chi connectivity index (χ1n) is 21.2. The van der Waals surface area contributed by atoms with Crippen LogP contribution >= 0.6 is 34.0 Å². The number of hydrogen-bond donors (Lipinski definition) is 0. The fourth-order valence-corrected chi connectivity index (χ4v) is 19.8. The molecule has 2 aromatic carbocycles. The molecule has 290 valence electrons.